The molecule has 0 radical (unpaired) electrons. The summed E-state index contributed by atoms with van der Waals surface area (Å²) >= 11 is 0. The Kier molecular flexibility index (Phi) is 4.79. The Morgan fingerprint density at radius 1 is 0.962 bits per heavy atom. The lowest BCUT2D eigenvalue weighted by atomic mass is 9.39. The third-order valence-electron chi connectivity index (χ3n) is 10.5. The van der Waals surface area contributed by atoms with Crippen molar-refractivity contribution in [3.05, 3.63) is 0 Å². The summed E-state index contributed by atoms with van der Waals surface area (Å²) in [5.74, 6) is 2.93. The highest BCUT2D eigenvalue weighted by Crippen LogP contribution is 2.70. The van der Waals surface area contributed by atoms with E-state index in [2.05, 4.69) is 27.7 Å². The molecule has 0 aromatic rings. The molecule has 0 saturated heterocycles. The van der Waals surface area contributed by atoms with Gasteiger partial charge in [-0.15, -0.1) is 0 Å². The van der Waals surface area contributed by atoms with E-state index in [4.69, 9.17) is 5.73 Å². The highest BCUT2D eigenvalue weighted by Gasteiger charge is 2.65. The summed E-state index contributed by atoms with van der Waals surface area (Å²) < 4.78 is 0. The molecule has 4 fully saturated rings. The molecule has 2 nitrogen and oxygen atoms in total. The summed E-state index contributed by atoms with van der Waals surface area (Å²) in [5.41, 5.74) is 7.50. The molecule has 0 bridgehead atoms. The lowest BCUT2D eigenvalue weighted by Gasteiger charge is -2.66. The molecule has 4 aliphatic carbocycles. The molecule has 0 spiro atoms. The molecule has 9 atom stereocenters. The van der Waals surface area contributed by atoms with Crippen LogP contribution in [-0.2, 0) is 0 Å². The van der Waals surface area contributed by atoms with Crippen LogP contribution >= 0.6 is 0 Å². The highest BCUT2D eigenvalue weighted by atomic mass is 16.3. The quantitative estimate of drug-likeness (QED) is 0.695. The van der Waals surface area contributed by atoms with E-state index in [0.29, 0.717) is 28.7 Å². The number of rotatable bonds is 3. The first kappa shape index (κ1) is 19.2. The Morgan fingerprint density at radius 2 is 1.73 bits per heavy atom. The second kappa shape index (κ2) is 6.48. The second-order valence-corrected chi connectivity index (χ2v) is 11.5. The van der Waals surface area contributed by atoms with Crippen molar-refractivity contribution in [1.82, 2.24) is 0 Å². The van der Waals surface area contributed by atoms with Gasteiger partial charge >= 0.3 is 0 Å². The van der Waals surface area contributed by atoms with E-state index in [-0.39, 0.29) is 11.5 Å². The van der Waals surface area contributed by atoms with E-state index in [0.717, 1.165) is 24.7 Å². The van der Waals surface area contributed by atoms with Gasteiger partial charge < -0.3 is 10.8 Å². The summed E-state index contributed by atoms with van der Waals surface area (Å²) in [7, 11) is 0. The molecule has 0 amide bonds. The smallest absolute Gasteiger partial charge is 0.0579 e. The normalized spacial score (nSPS) is 56.5. The molecule has 2 heteroatoms. The molecule has 0 aromatic heterocycles. The van der Waals surface area contributed by atoms with Crippen LogP contribution in [0.3, 0.4) is 0 Å². The van der Waals surface area contributed by atoms with Gasteiger partial charge in [0.2, 0.25) is 0 Å². The maximum absolute atomic E-state index is 11.4. The van der Waals surface area contributed by atoms with Gasteiger partial charge in [-0.05, 0) is 97.7 Å². The summed E-state index contributed by atoms with van der Waals surface area (Å²) in [4.78, 5) is 0. The number of hydrogen-bond donors (Lipinski definition) is 2. The molecular formula is C24H43NO. The molecule has 4 rings (SSSR count). The Labute approximate surface area is 161 Å². The fraction of sp³-hybridized carbons (Fsp3) is 1.00. The van der Waals surface area contributed by atoms with Gasteiger partial charge in [0.05, 0.1) is 6.10 Å². The molecule has 26 heavy (non-hydrogen) atoms. The van der Waals surface area contributed by atoms with Crippen LogP contribution in [0, 0.1) is 39.9 Å². The number of hydrogen-bond acceptors (Lipinski definition) is 2. The zero-order valence-electron chi connectivity index (χ0n) is 17.8. The van der Waals surface area contributed by atoms with E-state index in [1.807, 2.05) is 0 Å². The largest absolute Gasteiger partial charge is 0.393 e. The number of nitrogens with two attached hydrogens (primary N) is 1. The molecule has 4 saturated carbocycles. The number of fused-ring (bicyclic) bond motifs is 5. The molecule has 3 unspecified atom stereocenters. The maximum Gasteiger partial charge on any atom is 0.0579 e. The van der Waals surface area contributed by atoms with E-state index in [1.165, 1.54) is 57.8 Å². The van der Waals surface area contributed by atoms with E-state index < -0.39 is 0 Å². The average molecular weight is 362 g/mol. The first-order chi connectivity index (χ1) is 12.2. The first-order valence-corrected chi connectivity index (χ1v) is 11.7. The fourth-order valence-electron chi connectivity index (χ4n) is 8.76. The van der Waals surface area contributed by atoms with Crippen LogP contribution < -0.4 is 5.73 Å². The minimum Gasteiger partial charge on any atom is -0.393 e. The van der Waals surface area contributed by atoms with Gasteiger partial charge in [-0.1, -0.05) is 40.5 Å². The van der Waals surface area contributed by atoms with Crippen molar-refractivity contribution >= 4 is 0 Å². The number of aliphatic hydroxyl groups is 1. The molecule has 0 aliphatic heterocycles. The number of unbranched alkanes of at least 4 members (excludes halogenated alkanes) is 1. The lowest BCUT2D eigenvalue weighted by Crippen LogP contribution is -2.62. The van der Waals surface area contributed by atoms with Gasteiger partial charge in [-0.25, -0.2) is 0 Å². The third kappa shape index (κ3) is 2.57. The molecule has 3 N–H and O–H groups in total. The summed E-state index contributed by atoms with van der Waals surface area (Å²) in [6, 6.07) is 0.343. The highest BCUT2D eigenvalue weighted by molar-refractivity contribution is 5.14. The first-order valence-electron chi connectivity index (χ1n) is 11.7. The van der Waals surface area contributed by atoms with E-state index >= 15 is 0 Å². The van der Waals surface area contributed by atoms with Crippen molar-refractivity contribution < 1.29 is 5.11 Å². The second-order valence-electron chi connectivity index (χ2n) is 11.5. The zero-order chi connectivity index (χ0) is 18.7. The fourth-order valence-corrected chi connectivity index (χ4v) is 8.76. The predicted octanol–water partition coefficient (Wildman–Crippen LogP) is 5.52. The molecular weight excluding hydrogens is 318 g/mol. The molecule has 4 aliphatic rings. The summed E-state index contributed by atoms with van der Waals surface area (Å²) in [6.07, 6.45) is 14.1. The standard InChI is InChI=1S/C24H43NO/c1-5-6-7-16-8-9-18-21-19(11-12-23(16,18)3)24(4)13-10-17(25)14-22(24,2)15-20(21)26/h16-21,26H,5-15,25H2,1-4H3/t16-,17?,18?,19?,20+,21-,22-,23+,24+/m0/s1. The van der Waals surface area contributed by atoms with Crippen LogP contribution in [0.2, 0.25) is 0 Å². The van der Waals surface area contributed by atoms with Crippen molar-refractivity contribution in [2.24, 2.45) is 45.7 Å². The van der Waals surface area contributed by atoms with Crippen LogP contribution in [0.25, 0.3) is 0 Å². The number of aliphatic hydroxyl groups excluding tert-OH is 1. The van der Waals surface area contributed by atoms with Crippen molar-refractivity contribution in [1.29, 1.82) is 0 Å². The van der Waals surface area contributed by atoms with Crippen molar-refractivity contribution in [2.45, 2.75) is 110 Å². The van der Waals surface area contributed by atoms with Crippen LogP contribution in [0.15, 0.2) is 0 Å². The maximum atomic E-state index is 11.4. The Bertz CT molecular complexity index is 534. The Balaban J connectivity index is 1.63. The summed E-state index contributed by atoms with van der Waals surface area (Å²) in [5, 5.41) is 11.4. The molecule has 150 valence electrons. The predicted molar refractivity (Wildman–Crippen MR) is 109 cm³/mol. The van der Waals surface area contributed by atoms with Gasteiger partial charge in [0.15, 0.2) is 0 Å². The van der Waals surface area contributed by atoms with Crippen molar-refractivity contribution in [3.8, 4) is 0 Å². The zero-order valence-corrected chi connectivity index (χ0v) is 17.8. The van der Waals surface area contributed by atoms with Gasteiger partial charge in [-0.3, -0.25) is 0 Å². The van der Waals surface area contributed by atoms with Crippen LogP contribution in [0.4, 0.5) is 0 Å². The van der Waals surface area contributed by atoms with Gasteiger partial charge in [0, 0.05) is 6.04 Å². The molecule has 0 aromatic carbocycles. The monoisotopic (exact) mass is 361 g/mol. The van der Waals surface area contributed by atoms with Crippen LogP contribution in [-0.4, -0.2) is 17.3 Å². The minimum absolute atomic E-state index is 0.0991. The van der Waals surface area contributed by atoms with E-state index in [1.54, 1.807) is 0 Å². The van der Waals surface area contributed by atoms with Gasteiger partial charge in [0.1, 0.15) is 0 Å². The molecule has 0 heterocycles. The minimum atomic E-state index is -0.0991. The van der Waals surface area contributed by atoms with Gasteiger partial charge in [0.25, 0.3) is 0 Å². The van der Waals surface area contributed by atoms with Crippen LogP contribution in [0.1, 0.15) is 98.3 Å². The lowest BCUT2D eigenvalue weighted by molar-refractivity contribution is -0.199. The topological polar surface area (TPSA) is 46.2 Å². The third-order valence-corrected chi connectivity index (χ3v) is 10.5. The van der Waals surface area contributed by atoms with Crippen LogP contribution in [0.5, 0.6) is 0 Å². The Morgan fingerprint density at radius 3 is 2.46 bits per heavy atom. The van der Waals surface area contributed by atoms with Crippen molar-refractivity contribution in [3.63, 3.8) is 0 Å². The Hall–Kier alpha value is -0.0800. The van der Waals surface area contributed by atoms with Crippen molar-refractivity contribution in [2.75, 3.05) is 0 Å². The summed E-state index contributed by atoms with van der Waals surface area (Å²) in [6.45, 7) is 9.96. The van der Waals surface area contributed by atoms with Gasteiger partial charge in [-0.2, -0.15) is 0 Å². The average Bonchev–Trinajstić information content (AvgIpc) is 2.91. The van der Waals surface area contributed by atoms with E-state index in [9.17, 15) is 5.11 Å². The SMILES string of the molecule is CCCC[C@H]1CCC2[C@H]3C(CC[C@@]21C)[C@@]1(C)CCC(N)C[C@@]1(C)C[C@H]3O.